The van der Waals surface area contributed by atoms with Crippen molar-refractivity contribution in [3.63, 3.8) is 0 Å². The van der Waals surface area contributed by atoms with E-state index in [0.717, 1.165) is 10.7 Å². The van der Waals surface area contributed by atoms with Crippen LogP contribution in [0.2, 0.25) is 5.02 Å². The van der Waals surface area contributed by atoms with Gasteiger partial charge in [-0.15, -0.1) is 11.3 Å². The first-order chi connectivity index (χ1) is 11.7. The Balaban J connectivity index is 1.65. The quantitative estimate of drug-likeness (QED) is 0.746. The Labute approximate surface area is 148 Å². The van der Waals surface area contributed by atoms with Crippen LogP contribution >= 0.6 is 22.9 Å². The van der Waals surface area contributed by atoms with Crippen molar-refractivity contribution in [2.75, 3.05) is 12.4 Å². The number of anilines is 1. The molecule has 122 valence electrons. The number of halogens is 1. The lowest BCUT2D eigenvalue weighted by Gasteiger charge is -2.07. The number of nitrogens with one attached hydrogen (secondary N) is 1. The lowest BCUT2D eigenvalue weighted by atomic mass is 10.2. The van der Waals surface area contributed by atoms with Crippen LogP contribution in [-0.4, -0.2) is 23.0 Å². The Morgan fingerprint density at radius 3 is 2.92 bits per heavy atom. The highest BCUT2D eigenvalue weighted by atomic mass is 35.5. The highest BCUT2D eigenvalue weighted by Crippen LogP contribution is 2.27. The van der Waals surface area contributed by atoms with E-state index in [0.29, 0.717) is 22.2 Å². The summed E-state index contributed by atoms with van der Waals surface area (Å²) in [5.41, 5.74) is 2.12. The predicted octanol–water partition coefficient (Wildman–Crippen LogP) is 4.05. The zero-order valence-corrected chi connectivity index (χ0v) is 14.4. The topological polar surface area (TPSA) is 64.1 Å². The molecule has 0 saturated heterocycles. The van der Waals surface area contributed by atoms with Crippen LogP contribution in [0.1, 0.15) is 5.69 Å². The van der Waals surface area contributed by atoms with Gasteiger partial charge in [-0.1, -0.05) is 17.7 Å². The standard InChI is InChI=1S/C17H14ClN3O2S/c1-23-15-6-5-11(8-13(15)18)20-16(22)9-12-10-24-17(21-12)14-4-2-3-7-19-14/h2-8,10H,9H2,1H3,(H,20,22). The van der Waals surface area contributed by atoms with Gasteiger partial charge in [0.05, 0.1) is 29.9 Å². The molecule has 0 radical (unpaired) electrons. The average Bonchev–Trinajstić information content (AvgIpc) is 3.04. The molecule has 1 amide bonds. The molecular weight excluding hydrogens is 346 g/mol. The molecule has 7 heteroatoms. The second-order valence-electron chi connectivity index (χ2n) is 4.93. The minimum Gasteiger partial charge on any atom is -0.495 e. The second-order valence-corrected chi connectivity index (χ2v) is 6.20. The fourth-order valence-corrected chi connectivity index (χ4v) is 3.16. The van der Waals surface area contributed by atoms with Crippen LogP contribution in [0.5, 0.6) is 5.75 Å². The van der Waals surface area contributed by atoms with E-state index in [9.17, 15) is 4.79 Å². The van der Waals surface area contributed by atoms with Gasteiger partial charge in [0.2, 0.25) is 5.91 Å². The van der Waals surface area contributed by atoms with Crippen LogP contribution in [-0.2, 0) is 11.2 Å². The number of ether oxygens (including phenoxy) is 1. The molecule has 1 aromatic carbocycles. The molecule has 0 aliphatic rings. The van der Waals surface area contributed by atoms with Crippen LogP contribution in [0.15, 0.2) is 48.0 Å². The monoisotopic (exact) mass is 359 g/mol. The van der Waals surface area contributed by atoms with Crippen molar-refractivity contribution in [3.8, 4) is 16.5 Å². The number of aromatic nitrogens is 2. The fraction of sp³-hybridized carbons (Fsp3) is 0.118. The van der Waals surface area contributed by atoms with Crippen LogP contribution in [0.3, 0.4) is 0 Å². The lowest BCUT2D eigenvalue weighted by molar-refractivity contribution is -0.115. The van der Waals surface area contributed by atoms with E-state index in [4.69, 9.17) is 16.3 Å². The SMILES string of the molecule is COc1ccc(NC(=O)Cc2csc(-c3ccccn3)n2)cc1Cl. The summed E-state index contributed by atoms with van der Waals surface area (Å²) >= 11 is 7.52. The van der Waals surface area contributed by atoms with E-state index in [1.807, 2.05) is 23.6 Å². The number of carbonyl (C=O) groups is 1. The van der Waals surface area contributed by atoms with Crippen LogP contribution in [0.4, 0.5) is 5.69 Å². The molecule has 0 bridgehead atoms. The maximum atomic E-state index is 12.2. The lowest BCUT2D eigenvalue weighted by Crippen LogP contribution is -2.14. The fourth-order valence-electron chi connectivity index (χ4n) is 2.11. The van der Waals surface area contributed by atoms with Gasteiger partial charge < -0.3 is 10.1 Å². The largest absolute Gasteiger partial charge is 0.495 e. The summed E-state index contributed by atoms with van der Waals surface area (Å²) in [6, 6.07) is 10.7. The Bertz CT molecular complexity index is 852. The summed E-state index contributed by atoms with van der Waals surface area (Å²) in [5, 5.41) is 5.91. The smallest absolute Gasteiger partial charge is 0.230 e. The van der Waals surface area contributed by atoms with Crippen molar-refractivity contribution in [1.82, 2.24) is 9.97 Å². The summed E-state index contributed by atoms with van der Waals surface area (Å²) in [4.78, 5) is 20.9. The van der Waals surface area contributed by atoms with E-state index in [1.54, 1.807) is 31.5 Å². The molecule has 0 atom stereocenters. The maximum absolute atomic E-state index is 12.2. The summed E-state index contributed by atoms with van der Waals surface area (Å²) in [5.74, 6) is 0.406. The molecule has 24 heavy (non-hydrogen) atoms. The molecule has 1 N–H and O–H groups in total. The molecule has 0 fully saturated rings. The predicted molar refractivity (Wildman–Crippen MR) is 95.7 cm³/mol. The average molecular weight is 360 g/mol. The number of carbonyl (C=O) groups excluding carboxylic acids is 1. The number of pyridine rings is 1. The molecule has 0 spiro atoms. The number of benzene rings is 1. The van der Waals surface area contributed by atoms with E-state index in [2.05, 4.69) is 15.3 Å². The molecule has 2 aromatic heterocycles. The van der Waals surface area contributed by atoms with Gasteiger partial charge in [0.15, 0.2) is 0 Å². The van der Waals surface area contributed by atoms with Crippen molar-refractivity contribution >= 4 is 34.5 Å². The highest BCUT2D eigenvalue weighted by Gasteiger charge is 2.11. The molecular formula is C17H14ClN3O2S. The van der Waals surface area contributed by atoms with Crippen molar-refractivity contribution < 1.29 is 9.53 Å². The minimum absolute atomic E-state index is 0.158. The first-order valence-corrected chi connectivity index (χ1v) is 8.40. The van der Waals surface area contributed by atoms with Gasteiger partial charge in [0.25, 0.3) is 0 Å². The molecule has 2 heterocycles. The minimum atomic E-state index is -0.158. The number of hydrogen-bond acceptors (Lipinski definition) is 5. The molecule has 3 rings (SSSR count). The van der Waals surface area contributed by atoms with E-state index < -0.39 is 0 Å². The summed E-state index contributed by atoms with van der Waals surface area (Å²) < 4.78 is 5.09. The second kappa shape index (κ2) is 7.42. The van der Waals surface area contributed by atoms with Gasteiger partial charge in [0, 0.05) is 17.3 Å². The Hall–Kier alpha value is -2.44. The third-order valence-electron chi connectivity index (χ3n) is 3.21. The number of methoxy groups -OCH3 is 1. The summed E-state index contributed by atoms with van der Waals surface area (Å²) in [6.45, 7) is 0. The van der Waals surface area contributed by atoms with E-state index >= 15 is 0 Å². The maximum Gasteiger partial charge on any atom is 0.230 e. The molecule has 0 aliphatic heterocycles. The van der Waals surface area contributed by atoms with Crippen LogP contribution in [0, 0.1) is 0 Å². The van der Waals surface area contributed by atoms with E-state index in [1.165, 1.54) is 11.3 Å². The number of nitrogens with zero attached hydrogens (tertiary/aromatic N) is 2. The highest BCUT2D eigenvalue weighted by molar-refractivity contribution is 7.13. The van der Waals surface area contributed by atoms with Crippen LogP contribution in [0.25, 0.3) is 10.7 Å². The first kappa shape index (κ1) is 16.4. The Morgan fingerprint density at radius 1 is 1.33 bits per heavy atom. The van der Waals surface area contributed by atoms with Gasteiger partial charge in [-0.2, -0.15) is 0 Å². The summed E-state index contributed by atoms with van der Waals surface area (Å²) in [6.07, 6.45) is 1.91. The number of amides is 1. The van der Waals surface area contributed by atoms with Gasteiger partial charge in [-0.05, 0) is 30.3 Å². The van der Waals surface area contributed by atoms with E-state index in [-0.39, 0.29) is 12.3 Å². The van der Waals surface area contributed by atoms with Crippen molar-refractivity contribution in [2.24, 2.45) is 0 Å². The zero-order valence-electron chi connectivity index (χ0n) is 12.8. The summed E-state index contributed by atoms with van der Waals surface area (Å²) in [7, 11) is 1.54. The first-order valence-electron chi connectivity index (χ1n) is 7.15. The third-order valence-corrected chi connectivity index (χ3v) is 4.42. The molecule has 5 nitrogen and oxygen atoms in total. The molecule has 0 unspecified atom stereocenters. The van der Waals surface area contributed by atoms with Crippen molar-refractivity contribution in [3.05, 3.63) is 58.7 Å². The number of hydrogen-bond donors (Lipinski definition) is 1. The molecule has 3 aromatic rings. The zero-order chi connectivity index (χ0) is 16.9. The van der Waals surface area contributed by atoms with Gasteiger partial charge in [-0.3, -0.25) is 9.78 Å². The Morgan fingerprint density at radius 2 is 2.21 bits per heavy atom. The molecule has 0 saturated carbocycles. The Kier molecular flexibility index (Phi) is 5.08. The van der Waals surface area contributed by atoms with Crippen molar-refractivity contribution in [2.45, 2.75) is 6.42 Å². The normalized spacial score (nSPS) is 10.4. The number of thiazole rings is 1. The van der Waals surface area contributed by atoms with Gasteiger partial charge in [-0.25, -0.2) is 4.98 Å². The van der Waals surface area contributed by atoms with Gasteiger partial charge in [0.1, 0.15) is 10.8 Å². The van der Waals surface area contributed by atoms with Crippen molar-refractivity contribution in [1.29, 1.82) is 0 Å². The molecule has 0 aliphatic carbocycles. The third kappa shape index (κ3) is 3.90. The van der Waals surface area contributed by atoms with Crippen LogP contribution < -0.4 is 10.1 Å². The van der Waals surface area contributed by atoms with Gasteiger partial charge >= 0.3 is 0 Å². The number of rotatable bonds is 5.